The van der Waals surface area contributed by atoms with Gasteiger partial charge in [0.1, 0.15) is 5.56 Å². The number of hydrogen-bond acceptors (Lipinski definition) is 5. The number of benzene rings is 1. The first kappa shape index (κ1) is 14.3. The third-order valence-corrected chi connectivity index (χ3v) is 3.43. The Labute approximate surface area is 129 Å². The minimum absolute atomic E-state index is 0.0395. The van der Waals surface area contributed by atoms with Crippen molar-refractivity contribution in [2.45, 2.75) is 0 Å². The topological polar surface area (TPSA) is 89.9 Å². The average molecular weight is 319 g/mol. The number of hydrogen-bond donors (Lipinski definition) is 1. The van der Waals surface area contributed by atoms with Crippen molar-refractivity contribution in [2.24, 2.45) is 7.05 Å². The summed E-state index contributed by atoms with van der Waals surface area (Å²) < 4.78 is 5.87. The van der Waals surface area contributed by atoms with Crippen molar-refractivity contribution < 1.29 is 9.53 Å². The van der Waals surface area contributed by atoms with Gasteiger partial charge in [0.05, 0.1) is 30.0 Å². The van der Waals surface area contributed by atoms with E-state index in [1.807, 2.05) is 0 Å². The van der Waals surface area contributed by atoms with Gasteiger partial charge >= 0.3 is 5.97 Å². The molecule has 0 aliphatic heterocycles. The smallest absolute Gasteiger partial charge is 0.356 e. The Morgan fingerprint density at radius 1 is 1.36 bits per heavy atom. The van der Waals surface area contributed by atoms with E-state index in [0.29, 0.717) is 16.1 Å². The van der Waals surface area contributed by atoms with E-state index in [-0.39, 0.29) is 22.5 Å². The lowest BCUT2D eigenvalue weighted by molar-refractivity contribution is 0.0594. The average Bonchev–Trinajstić information content (AvgIpc) is 2.81. The van der Waals surface area contributed by atoms with Crippen molar-refractivity contribution in [3.63, 3.8) is 0 Å². The maximum Gasteiger partial charge on any atom is 0.356 e. The van der Waals surface area contributed by atoms with Gasteiger partial charge in [-0.25, -0.2) is 9.78 Å². The van der Waals surface area contributed by atoms with Crippen LogP contribution in [0.15, 0.2) is 29.2 Å². The minimum Gasteiger partial charge on any atom is -0.464 e. The van der Waals surface area contributed by atoms with Crippen LogP contribution in [0.4, 0.5) is 0 Å². The highest BCUT2D eigenvalue weighted by molar-refractivity contribution is 6.31. The minimum atomic E-state index is -0.647. The maximum absolute atomic E-state index is 12.2. The highest BCUT2D eigenvalue weighted by Gasteiger charge is 2.22. The van der Waals surface area contributed by atoms with Gasteiger partial charge in [-0.1, -0.05) is 11.6 Å². The Kier molecular flexibility index (Phi) is 3.42. The molecule has 0 atom stereocenters. The van der Waals surface area contributed by atoms with Crippen molar-refractivity contribution in [3.05, 3.63) is 45.5 Å². The molecule has 0 aliphatic rings. The fourth-order valence-electron chi connectivity index (χ4n) is 2.14. The van der Waals surface area contributed by atoms with Crippen molar-refractivity contribution in [2.75, 3.05) is 7.11 Å². The molecule has 3 aromatic rings. The summed E-state index contributed by atoms with van der Waals surface area (Å²) in [5.74, 6) is -0.647. The summed E-state index contributed by atoms with van der Waals surface area (Å²) in [7, 11) is 2.75. The van der Waals surface area contributed by atoms with Crippen LogP contribution in [-0.2, 0) is 11.8 Å². The van der Waals surface area contributed by atoms with Crippen molar-refractivity contribution in [1.82, 2.24) is 19.7 Å². The SMILES string of the molecule is COC(=O)c1[nH]n(C)c(=O)c1-c1cnc2cc(Cl)ccc2n1. The van der Waals surface area contributed by atoms with Crippen LogP contribution in [0.5, 0.6) is 0 Å². The molecule has 0 amide bonds. The summed E-state index contributed by atoms with van der Waals surface area (Å²) in [4.78, 5) is 32.7. The van der Waals surface area contributed by atoms with E-state index in [0.717, 1.165) is 0 Å². The zero-order chi connectivity index (χ0) is 15.9. The first-order chi connectivity index (χ1) is 10.5. The van der Waals surface area contributed by atoms with Crippen LogP contribution in [0, 0.1) is 0 Å². The number of nitrogens with one attached hydrogen (secondary N) is 1. The Bertz CT molecular complexity index is 945. The molecule has 0 saturated heterocycles. The number of carbonyl (C=O) groups excluding carboxylic acids is 1. The van der Waals surface area contributed by atoms with E-state index in [1.165, 1.54) is 25.0 Å². The van der Waals surface area contributed by atoms with Gasteiger partial charge in [0, 0.05) is 12.1 Å². The molecule has 0 saturated carbocycles. The fraction of sp³-hybridized carbons (Fsp3) is 0.143. The van der Waals surface area contributed by atoms with E-state index < -0.39 is 5.97 Å². The third-order valence-electron chi connectivity index (χ3n) is 3.20. The normalized spacial score (nSPS) is 10.9. The van der Waals surface area contributed by atoms with Gasteiger partial charge in [-0.2, -0.15) is 0 Å². The quantitative estimate of drug-likeness (QED) is 0.727. The second-order valence-electron chi connectivity index (χ2n) is 4.61. The fourth-order valence-corrected chi connectivity index (χ4v) is 2.31. The summed E-state index contributed by atoms with van der Waals surface area (Å²) in [5.41, 5.74) is 1.24. The lowest BCUT2D eigenvalue weighted by atomic mass is 10.1. The van der Waals surface area contributed by atoms with E-state index in [1.54, 1.807) is 18.2 Å². The molecule has 0 unspecified atom stereocenters. The summed E-state index contributed by atoms with van der Waals surface area (Å²) >= 11 is 5.90. The van der Waals surface area contributed by atoms with Crippen LogP contribution >= 0.6 is 11.6 Å². The van der Waals surface area contributed by atoms with E-state index >= 15 is 0 Å². The van der Waals surface area contributed by atoms with Crippen molar-refractivity contribution >= 4 is 28.6 Å². The van der Waals surface area contributed by atoms with Gasteiger partial charge in [0.2, 0.25) is 0 Å². The van der Waals surface area contributed by atoms with Gasteiger partial charge in [-0.15, -0.1) is 0 Å². The number of methoxy groups -OCH3 is 1. The highest BCUT2D eigenvalue weighted by Crippen LogP contribution is 2.21. The van der Waals surface area contributed by atoms with Crippen LogP contribution < -0.4 is 5.56 Å². The standard InChI is InChI=1S/C14H11ClN4O3/c1-19-13(20)11(12(18-19)14(21)22-2)10-6-16-9-5-7(15)3-4-8(9)17-10/h3-6,18H,1-2H3. The molecule has 0 radical (unpaired) electrons. The van der Waals surface area contributed by atoms with E-state index in [9.17, 15) is 9.59 Å². The number of fused-ring (bicyclic) bond motifs is 1. The van der Waals surface area contributed by atoms with E-state index in [4.69, 9.17) is 11.6 Å². The molecule has 1 aromatic carbocycles. The molecular weight excluding hydrogens is 308 g/mol. The van der Waals surface area contributed by atoms with Crippen LogP contribution in [0.1, 0.15) is 10.5 Å². The summed E-state index contributed by atoms with van der Waals surface area (Å²) in [6.45, 7) is 0. The third kappa shape index (κ3) is 2.25. The summed E-state index contributed by atoms with van der Waals surface area (Å²) in [6, 6.07) is 5.05. The summed E-state index contributed by atoms with van der Waals surface area (Å²) in [6.07, 6.45) is 1.43. The van der Waals surface area contributed by atoms with Gasteiger partial charge < -0.3 is 4.74 Å². The lowest BCUT2D eigenvalue weighted by Gasteiger charge is -2.02. The zero-order valence-electron chi connectivity index (χ0n) is 11.8. The Balaban J connectivity index is 2.25. The van der Waals surface area contributed by atoms with Gasteiger partial charge in [0.15, 0.2) is 5.69 Å². The highest BCUT2D eigenvalue weighted by atomic mass is 35.5. The van der Waals surface area contributed by atoms with Crippen LogP contribution in [-0.4, -0.2) is 32.8 Å². The first-order valence-corrected chi connectivity index (χ1v) is 6.69. The first-order valence-electron chi connectivity index (χ1n) is 6.31. The number of H-pyrrole nitrogens is 1. The number of aromatic nitrogens is 4. The monoisotopic (exact) mass is 318 g/mol. The largest absolute Gasteiger partial charge is 0.464 e. The van der Waals surface area contributed by atoms with Crippen LogP contribution in [0.25, 0.3) is 22.3 Å². The number of esters is 1. The molecular formula is C14H11ClN4O3. The van der Waals surface area contributed by atoms with Crippen molar-refractivity contribution in [3.8, 4) is 11.3 Å². The number of nitrogens with zero attached hydrogens (tertiary/aromatic N) is 3. The molecule has 3 rings (SSSR count). The number of rotatable bonds is 2. The number of halogens is 1. The molecule has 2 aromatic heterocycles. The number of aryl methyl sites for hydroxylation is 1. The molecule has 1 N–H and O–H groups in total. The molecule has 7 nitrogen and oxygen atoms in total. The predicted octanol–water partition coefficient (Wildman–Crippen LogP) is 1.76. The van der Waals surface area contributed by atoms with Gasteiger partial charge in [0.25, 0.3) is 5.56 Å². The number of ether oxygens (including phenoxy) is 1. The Morgan fingerprint density at radius 3 is 2.86 bits per heavy atom. The van der Waals surface area contributed by atoms with Crippen LogP contribution in [0.2, 0.25) is 5.02 Å². The van der Waals surface area contributed by atoms with Crippen molar-refractivity contribution in [1.29, 1.82) is 0 Å². The Hall–Kier alpha value is -2.67. The maximum atomic E-state index is 12.2. The number of carbonyl (C=O) groups is 1. The predicted molar refractivity (Wildman–Crippen MR) is 80.9 cm³/mol. The molecule has 0 bridgehead atoms. The van der Waals surface area contributed by atoms with Gasteiger partial charge in [-0.3, -0.25) is 19.6 Å². The Morgan fingerprint density at radius 2 is 2.14 bits per heavy atom. The number of aromatic amines is 1. The molecule has 112 valence electrons. The molecule has 22 heavy (non-hydrogen) atoms. The van der Waals surface area contributed by atoms with Gasteiger partial charge in [-0.05, 0) is 18.2 Å². The second kappa shape index (κ2) is 5.27. The lowest BCUT2D eigenvalue weighted by Crippen LogP contribution is -2.13. The van der Waals surface area contributed by atoms with E-state index in [2.05, 4.69) is 19.8 Å². The second-order valence-corrected chi connectivity index (χ2v) is 5.04. The molecule has 0 aliphatic carbocycles. The molecule has 0 spiro atoms. The van der Waals surface area contributed by atoms with Crippen LogP contribution in [0.3, 0.4) is 0 Å². The molecule has 2 heterocycles. The summed E-state index contributed by atoms with van der Waals surface area (Å²) in [5, 5.41) is 3.20. The zero-order valence-corrected chi connectivity index (χ0v) is 12.5. The molecule has 0 fully saturated rings. The molecule has 8 heteroatoms.